The number of carbonyl (C=O) groups excluding carboxylic acids is 1. The summed E-state index contributed by atoms with van der Waals surface area (Å²) in [5, 5.41) is 4.18. The highest BCUT2D eigenvalue weighted by atomic mass is 35.5. The van der Waals surface area contributed by atoms with Gasteiger partial charge in [0, 0.05) is 37.0 Å². The fourth-order valence-corrected chi connectivity index (χ4v) is 3.16. The average molecular weight is 455 g/mol. The molecule has 2 heterocycles. The Labute approximate surface area is 180 Å². The third-order valence-corrected chi connectivity index (χ3v) is 4.53. The van der Waals surface area contributed by atoms with Crippen molar-refractivity contribution in [3.05, 3.63) is 53.9 Å². The lowest BCUT2D eigenvalue weighted by Gasteiger charge is -2.15. The van der Waals surface area contributed by atoms with E-state index in [2.05, 4.69) is 26.4 Å². The number of likely N-dealkylation sites (tertiary alicyclic amines) is 1. The van der Waals surface area contributed by atoms with Crippen molar-refractivity contribution in [1.29, 1.82) is 0 Å². The molecule has 1 aromatic carbocycles. The summed E-state index contributed by atoms with van der Waals surface area (Å²) in [4.78, 5) is 22.3. The molecule has 1 fully saturated rings. The summed E-state index contributed by atoms with van der Waals surface area (Å²) in [7, 11) is 1.58. The van der Waals surface area contributed by atoms with E-state index in [-0.39, 0.29) is 29.8 Å². The lowest BCUT2D eigenvalue weighted by atomic mass is 10.1. The molecular formula is C20H18ClF3N4O3. The molecule has 1 saturated heterocycles. The van der Waals surface area contributed by atoms with Gasteiger partial charge in [-0.15, -0.1) is 13.2 Å². The Morgan fingerprint density at radius 2 is 2.10 bits per heavy atom. The van der Waals surface area contributed by atoms with Crippen LogP contribution in [0.3, 0.4) is 0 Å². The van der Waals surface area contributed by atoms with E-state index in [9.17, 15) is 18.0 Å². The Balaban J connectivity index is 1.64. The highest BCUT2D eigenvalue weighted by Crippen LogP contribution is 2.27. The molecule has 0 spiro atoms. The Bertz CT molecular complexity index is 1020. The molecule has 0 saturated carbocycles. The maximum atomic E-state index is 12.4. The molecule has 31 heavy (non-hydrogen) atoms. The largest absolute Gasteiger partial charge is 0.573 e. The summed E-state index contributed by atoms with van der Waals surface area (Å²) < 4.78 is 45.9. The van der Waals surface area contributed by atoms with Crippen LogP contribution >= 0.6 is 11.6 Å². The van der Waals surface area contributed by atoms with Crippen molar-refractivity contribution in [1.82, 2.24) is 15.0 Å². The first-order valence-corrected chi connectivity index (χ1v) is 9.51. The van der Waals surface area contributed by atoms with Crippen LogP contribution in [-0.2, 0) is 11.2 Å². The molecule has 2 aromatic rings. The van der Waals surface area contributed by atoms with Crippen molar-refractivity contribution in [3.63, 3.8) is 0 Å². The van der Waals surface area contributed by atoms with E-state index in [1.54, 1.807) is 24.1 Å². The maximum Gasteiger partial charge on any atom is 0.573 e. The van der Waals surface area contributed by atoms with Gasteiger partial charge in [0.1, 0.15) is 11.6 Å². The van der Waals surface area contributed by atoms with Crippen molar-refractivity contribution in [2.45, 2.75) is 19.2 Å². The maximum absolute atomic E-state index is 12.4. The first kappa shape index (κ1) is 22.5. The van der Waals surface area contributed by atoms with Crippen LogP contribution in [0, 0.1) is 5.92 Å². The molecule has 11 heteroatoms. The Kier molecular flexibility index (Phi) is 6.79. The van der Waals surface area contributed by atoms with Crippen LogP contribution in [0.2, 0.25) is 0 Å². The van der Waals surface area contributed by atoms with Gasteiger partial charge in [0.2, 0.25) is 17.6 Å². The molecule has 164 valence electrons. The Morgan fingerprint density at radius 1 is 1.39 bits per heavy atom. The predicted molar refractivity (Wildman–Crippen MR) is 107 cm³/mol. The van der Waals surface area contributed by atoms with Gasteiger partial charge in [0.15, 0.2) is 0 Å². The van der Waals surface area contributed by atoms with Gasteiger partial charge in [0.25, 0.3) is 0 Å². The molecule has 0 radical (unpaired) electrons. The molecular weight excluding hydrogens is 437 g/mol. The third-order valence-electron chi connectivity index (χ3n) is 4.40. The van der Waals surface area contributed by atoms with Crippen LogP contribution in [0.4, 0.5) is 13.2 Å². The highest BCUT2D eigenvalue weighted by Gasteiger charge is 2.33. The second kappa shape index (κ2) is 9.34. The molecule has 7 nitrogen and oxygen atoms in total. The SMILES string of the molecule is C=C(Cl)/C=C\C(=N/C)N1CC(Cc2nc(-c3ccc(OC(F)(F)F)cc3)no2)CC1=O. The zero-order valence-corrected chi connectivity index (χ0v) is 17.2. The number of nitrogens with zero attached hydrogens (tertiary/aromatic N) is 4. The van der Waals surface area contributed by atoms with Gasteiger partial charge in [-0.2, -0.15) is 4.98 Å². The normalized spacial score (nSPS) is 17.6. The van der Waals surface area contributed by atoms with Gasteiger partial charge in [-0.25, -0.2) is 0 Å². The van der Waals surface area contributed by atoms with Gasteiger partial charge >= 0.3 is 6.36 Å². The summed E-state index contributed by atoms with van der Waals surface area (Å²) >= 11 is 5.72. The summed E-state index contributed by atoms with van der Waals surface area (Å²) in [5.74, 6) is 0.536. The summed E-state index contributed by atoms with van der Waals surface area (Å²) in [5.41, 5.74) is 0.473. The first-order chi connectivity index (χ1) is 14.6. The van der Waals surface area contributed by atoms with Crippen molar-refractivity contribution in [2.75, 3.05) is 13.6 Å². The van der Waals surface area contributed by atoms with Crippen LogP contribution in [0.5, 0.6) is 5.75 Å². The van der Waals surface area contributed by atoms with E-state index in [0.717, 1.165) is 0 Å². The molecule has 1 aliphatic heterocycles. The van der Waals surface area contributed by atoms with Gasteiger partial charge in [-0.3, -0.25) is 14.7 Å². The van der Waals surface area contributed by atoms with E-state index < -0.39 is 6.36 Å². The molecule has 0 N–H and O–H groups in total. The lowest BCUT2D eigenvalue weighted by molar-refractivity contribution is -0.274. The van der Waals surface area contributed by atoms with E-state index in [1.165, 1.54) is 24.3 Å². The topological polar surface area (TPSA) is 80.8 Å². The zero-order valence-electron chi connectivity index (χ0n) is 16.4. The minimum Gasteiger partial charge on any atom is -0.406 e. The van der Waals surface area contributed by atoms with Gasteiger partial charge in [0.05, 0.1) is 0 Å². The van der Waals surface area contributed by atoms with Crippen molar-refractivity contribution in [2.24, 2.45) is 10.9 Å². The number of amidine groups is 1. The number of carbonyl (C=O) groups is 1. The fourth-order valence-electron chi connectivity index (χ4n) is 3.10. The van der Waals surface area contributed by atoms with Crippen LogP contribution < -0.4 is 4.74 Å². The van der Waals surface area contributed by atoms with Gasteiger partial charge in [-0.05, 0) is 42.3 Å². The lowest BCUT2D eigenvalue weighted by Crippen LogP contribution is -2.31. The Hall–Kier alpha value is -3.14. The molecule has 1 aliphatic rings. The number of alkyl halides is 3. The highest BCUT2D eigenvalue weighted by molar-refractivity contribution is 6.31. The van der Waals surface area contributed by atoms with Crippen molar-refractivity contribution >= 4 is 23.3 Å². The number of halogens is 4. The number of amides is 1. The third kappa shape index (κ3) is 6.17. The number of hydrogen-bond acceptors (Lipinski definition) is 6. The van der Waals surface area contributed by atoms with Gasteiger partial charge in [-0.1, -0.05) is 23.3 Å². The smallest absolute Gasteiger partial charge is 0.406 e. The van der Waals surface area contributed by atoms with Crippen molar-refractivity contribution in [3.8, 4) is 17.1 Å². The zero-order chi connectivity index (χ0) is 22.6. The molecule has 1 atom stereocenters. The predicted octanol–water partition coefficient (Wildman–Crippen LogP) is 4.36. The molecule has 1 amide bonds. The number of benzene rings is 1. The molecule has 1 aromatic heterocycles. The van der Waals surface area contributed by atoms with Crippen LogP contribution in [0.25, 0.3) is 11.4 Å². The molecule has 0 aliphatic carbocycles. The first-order valence-electron chi connectivity index (χ1n) is 9.13. The standard InChI is InChI=1S/C20H18ClF3N4O3/c1-12(21)3-8-16(25-2)28-11-13(10-18(28)29)9-17-26-19(27-31-17)14-4-6-15(7-5-14)30-20(22,23)24/h3-8,13H,1,9-11H2,2H3/b8-3-,25-16+. The number of hydrogen-bond donors (Lipinski definition) is 0. The van der Waals surface area contributed by atoms with Crippen LogP contribution in [0.15, 0.2) is 57.5 Å². The van der Waals surface area contributed by atoms with E-state index in [0.29, 0.717) is 35.3 Å². The summed E-state index contributed by atoms with van der Waals surface area (Å²) in [6.07, 6.45) is -0.931. The van der Waals surface area contributed by atoms with E-state index in [4.69, 9.17) is 16.1 Å². The number of aliphatic imine (C=N–C) groups is 1. The Morgan fingerprint density at radius 3 is 2.71 bits per heavy atom. The van der Waals surface area contributed by atoms with E-state index >= 15 is 0 Å². The summed E-state index contributed by atoms with van der Waals surface area (Å²) in [6, 6.07) is 5.14. The van der Waals surface area contributed by atoms with Gasteiger partial charge < -0.3 is 9.26 Å². The molecule has 0 bridgehead atoms. The number of rotatable bonds is 6. The van der Waals surface area contributed by atoms with E-state index in [1.807, 2.05) is 0 Å². The van der Waals surface area contributed by atoms with Crippen LogP contribution in [-0.4, -0.2) is 46.7 Å². The quantitative estimate of drug-likeness (QED) is 0.368. The number of allylic oxidation sites excluding steroid dienone is 2. The fraction of sp³-hybridized carbons (Fsp3) is 0.300. The monoisotopic (exact) mass is 454 g/mol. The molecule has 1 unspecified atom stereocenters. The second-order valence-corrected chi connectivity index (χ2v) is 7.21. The summed E-state index contributed by atoms with van der Waals surface area (Å²) in [6.45, 7) is 3.98. The number of aromatic nitrogens is 2. The molecule has 3 rings (SSSR count). The average Bonchev–Trinajstić information content (AvgIpc) is 3.29. The van der Waals surface area contributed by atoms with Crippen LogP contribution in [0.1, 0.15) is 12.3 Å². The van der Waals surface area contributed by atoms with Crippen molar-refractivity contribution < 1.29 is 27.2 Å². The minimum atomic E-state index is -4.76. The minimum absolute atomic E-state index is 0.0623. The number of ether oxygens (including phenoxy) is 1. The second-order valence-electron chi connectivity index (χ2n) is 6.72.